The fourth-order valence-electron chi connectivity index (χ4n) is 2.10. The molecule has 1 saturated carbocycles. The Bertz CT molecular complexity index is 546. The van der Waals surface area contributed by atoms with Crippen molar-refractivity contribution in [3.8, 4) is 5.69 Å². The van der Waals surface area contributed by atoms with Crippen LogP contribution in [-0.2, 0) is 5.33 Å². The van der Waals surface area contributed by atoms with Crippen LogP contribution in [0.4, 0.5) is 4.39 Å². The van der Waals surface area contributed by atoms with Crippen molar-refractivity contribution in [2.75, 3.05) is 0 Å². The molecule has 1 aromatic carbocycles. The predicted molar refractivity (Wildman–Crippen MR) is 68.1 cm³/mol. The van der Waals surface area contributed by atoms with Gasteiger partial charge in [0, 0.05) is 16.8 Å². The van der Waals surface area contributed by atoms with Crippen LogP contribution in [0.1, 0.15) is 30.0 Å². The summed E-state index contributed by atoms with van der Waals surface area (Å²) in [5.41, 5.74) is 2.87. The molecule has 0 radical (unpaired) electrons. The number of hydrogen-bond donors (Lipinski definition) is 0. The number of alkyl halides is 1. The Morgan fingerprint density at radius 3 is 2.76 bits per heavy atom. The van der Waals surface area contributed by atoms with E-state index in [1.807, 2.05) is 12.3 Å². The highest BCUT2D eigenvalue weighted by Crippen LogP contribution is 2.43. The Hall–Kier alpha value is -1.16. The lowest BCUT2D eigenvalue weighted by atomic mass is 10.2. The summed E-state index contributed by atoms with van der Waals surface area (Å²) >= 11 is 3.46. The fraction of sp³-hybridized carbons (Fsp3) is 0.308. The van der Waals surface area contributed by atoms with E-state index in [1.54, 1.807) is 16.8 Å². The van der Waals surface area contributed by atoms with Gasteiger partial charge in [0.05, 0.1) is 11.9 Å². The summed E-state index contributed by atoms with van der Waals surface area (Å²) < 4.78 is 15.5. The van der Waals surface area contributed by atoms with E-state index in [1.165, 1.54) is 18.9 Å². The van der Waals surface area contributed by atoms with Crippen LogP contribution < -0.4 is 0 Å². The zero-order chi connectivity index (χ0) is 11.8. The minimum Gasteiger partial charge on any atom is -0.234 e. The number of nitrogens with zero attached hydrogens (tertiary/aromatic N) is 2. The number of para-hydroxylation sites is 1. The Morgan fingerprint density at radius 2 is 2.12 bits per heavy atom. The van der Waals surface area contributed by atoms with Crippen LogP contribution >= 0.6 is 15.9 Å². The Balaban J connectivity index is 2.14. The molecule has 17 heavy (non-hydrogen) atoms. The molecule has 4 heteroatoms. The smallest absolute Gasteiger partial charge is 0.148 e. The second-order valence-electron chi connectivity index (χ2n) is 4.33. The number of rotatable bonds is 3. The highest BCUT2D eigenvalue weighted by atomic mass is 79.9. The molecule has 2 aromatic rings. The van der Waals surface area contributed by atoms with Gasteiger partial charge in [0.2, 0.25) is 0 Å². The summed E-state index contributed by atoms with van der Waals surface area (Å²) in [6, 6.07) is 6.78. The largest absolute Gasteiger partial charge is 0.234 e. The molecule has 88 valence electrons. The summed E-state index contributed by atoms with van der Waals surface area (Å²) in [5, 5.41) is 5.10. The van der Waals surface area contributed by atoms with E-state index >= 15 is 0 Å². The van der Waals surface area contributed by atoms with Gasteiger partial charge in [0.1, 0.15) is 11.5 Å². The van der Waals surface area contributed by atoms with Gasteiger partial charge in [-0.2, -0.15) is 5.10 Å². The van der Waals surface area contributed by atoms with Crippen LogP contribution in [0.15, 0.2) is 30.5 Å². The van der Waals surface area contributed by atoms with Crippen molar-refractivity contribution in [1.29, 1.82) is 0 Å². The van der Waals surface area contributed by atoms with Gasteiger partial charge in [-0.1, -0.05) is 28.1 Å². The van der Waals surface area contributed by atoms with Gasteiger partial charge in [0.25, 0.3) is 0 Å². The number of halogens is 2. The molecule has 0 saturated heterocycles. The van der Waals surface area contributed by atoms with E-state index in [2.05, 4.69) is 21.0 Å². The van der Waals surface area contributed by atoms with E-state index in [4.69, 9.17) is 0 Å². The molecule has 0 aliphatic heterocycles. The molecule has 0 unspecified atom stereocenters. The van der Waals surface area contributed by atoms with E-state index in [0.717, 1.165) is 16.6 Å². The normalized spacial score (nSPS) is 15.2. The van der Waals surface area contributed by atoms with Gasteiger partial charge < -0.3 is 0 Å². The molecule has 1 heterocycles. The summed E-state index contributed by atoms with van der Waals surface area (Å²) in [7, 11) is 0. The summed E-state index contributed by atoms with van der Waals surface area (Å²) in [6.07, 6.45) is 4.19. The monoisotopic (exact) mass is 294 g/mol. The maximum absolute atomic E-state index is 13.8. The number of aromatic nitrogens is 2. The average Bonchev–Trinajstić information content (AvgIpc) is 3.10. The third kappa shape index (κ3) is 1.90. The topological polar surface area (TPSA) is 17.8 Å². The molecule has 1 aliphatic rings. The highest BCUT2D eigenvalue weighted by molar-refractivity contribution is 9.08. The maximum atomic E-state index is 13.8. The molecule has 0 spiro atoms. The van der Waals surface area contributed by atoms with Crippen LogP contribution in [0.25, 0.3) is 5.69 Å². The van der Waals surface area contributed by atoms with Gasteiger partial charge in [-0.15, -0.1) is 0 Å². The average molecular weight is 295 g/mol. The Morgan fingerprint density at radius 1 is 1.35 bits per heavy atom. The number of benzene rings is 1. The van der Waals surface area contributed by atoms with Crippen molar-refractivity contribution in [1.82, 2.24) is 9.78 Å². The molecule has 0 N–H and O–H groups in total. The zero-order valence-corrected chi connectivity index (χ0v) is 10.8. The van der Waals surface area contributed by atoms with Gasteiger partial charge in [-0.25, -0.2) is 9.07 Å². The molecule has 0 bridgehead atoms. The lowest BCUT2D eigenvalue weighted by molar-refractivity contribution is 0.606. The SMILES string of the molecule is Fc1ccccc1-n1ncc(CBr)c1C1CC1. The molecular weight excluding hydrogens is 283 g/mol. The summed E-state index contributed by atoms with van der Waals surface area (Å²) in [4.78, 5) is 0. The molecule has 1 aromatic heterocycles. The summed E-state index contributed by atoms with van der Waals surface area (Å²) in [5.74, 6) is 0.322. The van der Waals surface area contributed by atoms with Crippen LogP contribution in [0.2, 0.25) is 0 Å². The van der Waals surface area contributed by atoms with Crippen LogP contribution in [-0.4, -0.2) is 9.78 Å². The Kier molecular flexibility index (Phi) is 2.74. The predicted octanol–water partition coefficient (Wildman–Crippen LogP) is 3.78. The van der Waals surface area contributed by atoms with Gasteiger partial charge in [-0.3, -0.25) is 0 Å². The first-order chi connectivity index (χ1) is 8.31. The van der Waals surface area contributed by atoms with Gasteiger partial charge >= 0.3 is 0 Å². The van der Waals surface area contributed by atoms with Crippen LogP contribution in [0.5, 0.6) is 0 Å². The lowest BCUT2D eigenvalue weighted by Crippen LogP contribution is -2.04. The third-order valence-corrected chi connectivity index (χ3v) is 3.68. The van der Waals surface area contributed by atoms with Crippen molar-refractivity contribution in [2.24, 2.45) is 0 Å². The Labute approximate surface area is 108 Å². The van der Waals surface area contributed by atoms with E-state index < -0.39 is 0 Å². The molecule has 3 rings (SSSR count). The molecule has 1 aliphatic carbocycles. The molecule has 1 fully saturated rings. The molecule has 0 amide bonds. The van der Waals surface area contributed by atoms with Gasteiger partial charge in [0.15, 0.2) is 0 Å². The minimum absolute atomic E-state index is 0.223. The number of hydrogen-bond acceptors (Lipinski definition) is 1. The standard InChI is InChI=1S/C13H12BrFN2/c14-7-10-8-16-17(13(10)9-5-6-9)12-4-2-1-3-11(12)15/h1-4,8-9H,5-7H2. The minimum atomic E-state index is -0.223. The third-order valence-electron chi connectivity index (χ3n) is 3.07. The fourth-order valence-corrected chi connectivity index (χ4v) is 2.53. The van der Waals surface area contributed by atoms with Crippen molar-refractivity contribution in [3.05, 3.63) is 47.5 Å². The van der Waals surface area contributed by atoms with E-state index in [-0.39, 0.29) is 5.82 Å². The van der Waals surface area contributed by atoms with Crippen molar-refractivity contribution in [2.45, 2.75) is 24.1 Å². The molecular formula is C13H12BrFN2. The van der Waals surface area contributed by atoms with Crippen molar-refractivity contribution >= 4 is 15.9 Å². The first-order valence-corrected chi connectivity index (χ1v) is 6.81. The maximum Gasteiger partial charge on any atom is 0.148 e. The molecule has 2 nitrogen and oxygen atoms in total. The van der Waals surface area contributed by atoms with Crippen LogP contribution in [0.3, 0.4) is 0 Å². The van der Waals surface area contributed by atoms with Crippen molar-refractivity contribution in [3.63, 3.8) is 0 Å². The van der Waals surface area contributed by atoms with E-state index in [9.17, 15) is 4.39 Å². The zero-order valence-electron chi connectivity index (χ0n) is 9.24. The lowest BCUT2D eigenvalue weighted by Gasteiger charge is -2.08. The second kappa shape index (κ2) is 4.26. The first-order valence-electron chi connectivity index (χ1n) is 5.69. The van der Waals surface area contributed by atoms with E-state index in [0.29, 0.717) is 11.6 Å². The second-order valence-corrected chi connectivity index (χ2v) is 4.89. The van der Waals surface area contributed by atoms with Gasteiger partial charge in [-0.05, 0) is 25.0 Å². The van der Waals surface area contributed by atoms with Crippen LogP contribution in [0, 0.1) is 5.82 Å². The quantitative estimate of drug-likeness (QED) is 0.788. The molecule has 0 atom stereocenters. The highest BCUT2D eigenvalue weighted by Gasteiger charge is 2.30. The first kappa shape index (κ1) is 11.0. The van der Waals surface area contributed by atoms with Crippen molar-refractivity contribution < 1.29 is 4.39 Å². The summed E-state index contributed by atoms with van der Waals surface area (Å²) in [6.45, 7) is 0.